The minimum Gasteiger partial charge on any atom is -0.289 e. The molecule has 0 saturated carbocycles. The molecule has 286 valence electrons. The number of pyridine rings is 1. The predicted molar refractivity (Wildman–Crippen MR) is 246 cm³/mol. The van der Waals surface area contributed by atoms with Gasteiger partial charge in [-0.3, -0.25) is 9.98 Å². The third-order valence-electron chi connectivity index (χ3n) is 11.2. The summed E-state index contributed by atoms with van der Waals surface area (Å²) in [5.41, 5.74) is 14.8. The molecule has 5 heteroatoms. The van der Waals surface area contributed by atoms with E-state index in [9.17, 15) is 0 Å². The SMILES string of the molecule is C1=NC(c2ccc(-c3cc(-c4ccccc4)cc(-c4nc(-c5ccccc5)nc(-c5cc(-c6ccccc6)cc(-c6ccc(-c7ccccn7)cc6)c5)n4)c3)cc2)CCC1. The standard InChI is InChI=1S/C55H41N5/c1-4-14-38(15-5-1)45-32-47(40-22-26-42(27-23-40)51-20-10-12-30-56-51)36-49(34-45)54-58-53(44-18-8-3-9-19-44)59-55(60-54)50-35-46(39-16-6-2-7-17-39)33-48(37-50)41-24-28-43(29-25-41)52-21-11-13-31-57-52/h1-10,12,14-20,22-37,52H,11,13,21H2. The Morgan fingerprint density at radius 1 is 0.350 bits per heavy atom. The van der Waals surface area contributed by atoms with E-state index in [0.717, 1.165) is 85.3 Å². The maximum atomic E-state index is 5.32. The molecule has 3 heterocycles. The summed E-state index contributed by atoms with van der Waals surface area (Å²) in [4.78, 5) is 25.1. The summed E-state index contributed by atoms with van der Waals surface area (Å²) in [6, 6.07) is 68.2. The van der Waals surface area contributed by atoms with E-state index in [1.165, 1.54) is 12.0 Å². The molecule has 1 aliphatic heterocycles. The summed E-state index contributed by atoms with van der Waals surface area (Å²) in [5.74, 6) is 1.83. The summed E-state index contributed by atoms with van der Waals surface area (Å²) < 4.78 is 0. The summed E-state index contributed by atoms with van der Waals surface area (Å²) in [7, 11) is 0. The number of hydrogen-bond donors (Lipinski definition) is 0. The van der Waals surface area contributed by atoms with E-state index >= 15 is 0 Å². The smallest absolute Gasteiger partial charge is 0.164 e. The van der Waals surface area contributed by atoms with Crippen LogP contribution in [0.2, 0.25) is 0 Å². The second kappa shape index (κ2) is 16.7. The van der Waals surface area contributed by atoms with Crippen LogP contribution in [-0.2, 0) is 0 Å². The highest BCUT2D eigenvalue weighted by Crippen LogP contribution is 2.37. The highest BCUT2D eigenvalue weighted by molar-refractivity contribution is 5.83. The molecule has 1 atom stereocenters. The lowest BCUT2D eigenvalue weighted by atomic mass is 9.93. The number of aromatic nitrogens is 4. The van der Waals surface area contributed by atoms with Gasteiger partial charge < -0.3 is 0 Å². The summed E-state index contributed by atoms with van der Waals surface area (Å²) >= 11 is 0. The fourth-order valence-corrected chi connectivity index (χ4v) is 7.99. The number of nitrogens with zero attached hydrogens (tertiary/aromatic N) is 5. The van der Waals surface area contributed by atoms with Gasteiger partial charge in [0.05, 0.1) is 11.7 Å². The van der Waals surface area contributed by atoms with Gasteiger partial charge in [0, 0.05) is 28.5 Å². The van der Waals surface area contributed by atoms with Crippen molar-refractivity contribution in [2.75, 3.05) is 0 Å². The van der Waals surface area contributed by atoms with E-state index in [1.807, 2.05) is 48.7 Å². The average Bonchev–Trinajstić information content (AvgIpc) is 3.35. The Bertz CT molecular complexity index is 2910. The van der Waals surface area contributed by atoms with Crippen LogP contribution in [0.4, 0.5) is 0 Å². The van der Waals surface area contributed by atoms with Gasteiger partial charge >= 0.3 is 0 Å². The third kappa shape index (κ3) is 7.94. The van der Waals surface area contributed by atoms with Crippen molar-refractivity contribution in [2.45, 2.75) is 25.3 Å². The van der Waals surface area contributed by atoms with Crippen LogP contribution in [0.5, 0.6) is 0 Å². The molecule has 60 heavy (non-hydrogen) atoms. The third-order valence-corrected chi connectivity index (χ3v) is 11.2. The van der Waals surface area contributed by atoms with Crippen LogP contribution in [-0.4, -0.2) is 26.2 Å². The van der Waals surface area contributed by atoms with Gasteiger partial charge in [-0.05, 0) is 124 Å². The molecule has 5 nitrogen and oxygen atoms in total. The van der Waals surface area contributed by atoms with Crippen molar-refractivity contribution < 1.29 is 0 Å². The van der Waals surface area contributed by atoms with Gasteiger partial charge in [-0.1, -0.05) is 146 Å². The van der Waals surface area contributed by atoms with Gasteiger partial charge in [-0.15, -0.1) is 0 Å². The summed E-state index contributed by atoms with van der Waals surface area (Å²) in [6.45, 7) is 0. The molecule has 9 aromatic rings. The number of rotatable bonds is 9. The Balaban J connectivity index is 1.13. The Morgan fingerprint density at radius 3 is 1.23 bits per heavy atom. The number of hydrogen-bond acceptors (Lipinski definition) is 5. The number of benzene rings is 7. The monoisotopic (exact) mass is 771 g/mol. The first-order valence-corrected chi connectivity index (χ1v) is 20.6. The van der Waals surface area contributed by atoms with Crippen molar-refractivity contribution in [1.82, 2.24) is 19.9 Å². The molecular formula is C55H41N5. The molecule has 1 aliphatic rings. The molecule has 2 aromatic heterocycles. The first kappa shape index (κ1) is 36.7. The largest absolute Gasteiger partial charge is 0.289 e. The maximum Gasteiger partial charge on any atom is 0.164 e. The first-order chi connectivity index (χ1) is 29.7. The van der Waals surface area contributed by atoms with Crippen LogP contribution in [0.25, 0.3) is 89.9 Å². The second-order valence-electron chi connectivity index (χ2n) is 15.2. The average molecular weight is 772 g/mol. The molecule has 0 radical (unpaired) electrons. The fourth-order valence-electron chi connectivity index (χ4n) is 7.99. The molecule has 0 fully saturated rings. The van der Waals surface area contributed by atoms with E-state index < -0.39 is 0 Å². The van der Waals surface area contributed by atoms with E-state index in [4.69, 9.17) is 19.9 Å². The molecule has 0 spiro atoms. The van der Waals surface area contributed by atoms with Gasteiger partial charge in [0.15, 0.2) is 17.5 Å². The lowest BCUT2D eigenvalue weighted by Gasteiger charge is -2.17. The topological polar surface area (TPSA) is 63.9 Å². The zero-order valence-corrected chi connectivity index (χ0v) is 33.1. The molecule has 7 aromatic carbocycles. The van der Waals surface area contributed by atoms with Gasteiger partial charge in [0.25, 0.3) is 0 Å². The minimum atomic E-state index is 0.228. The van der Waals surface area contributed by atoms with Crippen LogP contribution >= 0.6 is 0 Å². The first-order valence-electron chi connectivity index (χ1n) is 20.6. The zero-order chi connectivity index (χ0) is 40.1. The van der Waals surface area contributed by atoms with Crippen molar-refractivity contribution in [1.29, 1.82) is 0 Å². The summed E-state index contributed by atoms with van der Waals surface area (Å²) in [6.07, 6.45) is 7.23. The van der Waals surface area contributed by atoms with Crippen molar-refractivity contribution in [3.63, 3.8) is 0 Å². The van der Waals surface area contributed by atoms with Gasteiger partial charge in [0.1, 0.15) is 0 Å². The Hall–Kier alpha value is -7.63. The molecular weight excluding hydrogens is 731 g/mol. The minimum absolute atomic E-state index is 0.228. The summed E-state index contributed by atoms with van der Waals surface area (Å²) in [5, 5.41) is 0. The van der Waals surface area contributed by atoms with Crippen LogP contribution in [0.15, 0.2) is 205 Å². The van der Waals surface area contributed by atoms with Crippen LogP contribution < -0.4 is 0 Å². The quantitative estimate of drug-likeness (QED) is 0.147. The maximum absolute atomic E-state index is 5.32. The molecule has 0 N–H and O–H groups in total. The molecule has 1 unspecified atom stereocenters. The van der Waals surface area contributed by atoms with Crippen LogP contribution in [0, 0.1) is 0 Å². The normalized spacial score (nSPS) is 13.6. The van der Waals surface area contributed by atoms with Gasteiger partial charge in [-0.25, -0.2) is 15.0 Å². The van der Waals surface area contributed by atoms with E-state index in [2.05, 4.69) is 163 Å². The zero-order valence-electron chi connectivity index (χ0n) is 33.1. The Morgan fingerprint density at radius 2 is 0.767 bits per heavy atom. The number of aliphatic imine (C=N–C) groups is 1. The van der Waals surface area contributed by atoms with Gasteiger partial charge in [0.2, 0.25) is 0 Å². The molecule has 0 amide bonds. The predicted octanol–water partition coefficient (Wildman–Crippen LogP) is 13.9. The lowest BCUT2D eigenvalue weighted by molar-refractivity contribution is 0.604. The second-order valence-corrected chi connectivity index (χ2v) is 15.2. The van der Waals surface area contributed by atoms with E-state index in [1.54, 1.807) is 0 Å². The molecule has 0 bridgehead atoms. The molecule has 0 aliphatic carbocycles. The van der Waals surface area contributed by atoms with Crippen molar-refractivity contribution in [3.05, 3.63) is 206 Å². The van der Waals surface area contributed by atoms with Gasteiger partial charge in [-0.2, -0.15) is 0 Å². The highest BCUT2D eigenvalue weighted by Gasteiger charge is 2.18. The van der Waals surface area contributed by atoms with Crippen LogP contribution in [0.1, 0.15) is 30.9 Å². The molecule has 10 rings (SSSR count). The van der Waals surface area contributed by atoms with Crippen LogP contribution in [0.3, 0.4) is 0 Å². The Kier molecular flexibility index (Phi) is 10.2. The Labute approximate surface area is 350 Å². The molecule has 0 saturated heterocycles. The van der Waals surface area contributed by atoms with Crippen molar-refractivity contribution >= 4 is 6.21 Å². The van der Waals surface area contributed by atoms with E-state index in [-0.39, 0.29) is 6.04 Å². The van der Waals surface area contributed by atoms with Crippen molar-refractivity contribution in [2.24, 2.45) is 4.99 Å². The van der Waals surface area contributed by atoms with Crippen molar-refractivity contribution in [3.8, 4) is 89.9 Å². The fraction of sp³-hybridized carbons (Fsp3) is 0.0727. The van der Waals surface area contributed by atoms with E-state index in [0.29, 0.717) is 17.5 Å². The highest BCUT2D eigenvalue weighted by atomic mass is 15.0. The lowest BCUT2D eigenvalue weighted by Crippen LogP contribution is -2.01.